The van der Waals surface area contributed by atoms with Gasteiger partial charge in [-0.3, -0.25) is 4.79 Å². The van der Waals surface area contributed by atoms with Gasteiger partial charge in [0.15, 0.2) is 6.61 Å². The minimum atomic E-state index is -0.213. The number of aryl methyl sites for hydroxylation is 1. The van der Waals surface area contributed by atoms with Gasteiger partial charge in [0.2, 0.25) is 0 Å². The number of ether oxygens (including phenoxy) is 1. The normalized spacial score (nSPS) is 10.2. The molecule has 0 bridgehead atoms. The summed E-state index contributed by atoms with van der Waals surface area (Å²) >= 11 is 0. The smallest absolute Gasteiger partial charge is 0.258 e. The second kappa shape index (κ2) is 9.04. The molecule has 0 atom stereocenters. The highest BCUT2D eigenvalue weighted by Crippen LogP contribution is 2.20. The van der Waals surface area contributed by atoms with Gasteiger partial charge in [-0.1, -0.05) is 37.5 Å². The van der Waals surface area contributed by atoms with Gasteiger partial charge in [0.05, 0.1) is 6.54 Å². The molecular weight excluding hydrogens is 264 g/mol. The molecule has 4 heteroatoms. The Labute approximate surface area is 127 Å². The molecule has 1 amide bonds. The molecule has 0 fully saturated rings. The summed E-state index contributed by atoms with van der Waals surface area (Å²) in [6.07, 6.45) is 5.09. The molecule has 0 heterocycles. The molecule has 0 aliphatic carbocycles. The van der Waals surface area contributed by atoms with E-state index in [0.717, 1.165) is 24.4 Å². The van der Waals surface area contributed by atoms with Gasteiger partial charge in [-0.05, 0) is 25.5 Å². The van der Waals surface area contributed by atoms with E-state index in [1.807, 2.05) is 19.1 Å². The maximum absolute atomic E-state index is 11.5. The van der Waals surface area contributed by atoms with E-state index in [0.29, 0.717) is 5.92 Å². The Morgan fingerprint density at radius 2 is 2.19 bits per heavy atom. The molecule has 0 radical (unpaired) electrons. The van der Waals surface area contributed by atoms with E-state index in [4.69, 9.17) is 11.2 Å². The van der Waals surface area contributed by atoms with Crippen molar-refractivity contribution in [3.63, 3.8) is 0 Å². The Balaban J connectivity index is 2.60. The molecule has 0 aromatic heterocycles. The summed E-state index contributed by atoms with van der Waals surface area (Å²) < 4.78 is 5.59. The Morgan fingerprint density at radius 3 is 2.86 bits per heavy atom. The van der Waals surface area contributed by atoms with Crippen molar-refractivity contribution < 1.29 is 9.53 Å². The molecule has 0 unspecified atom stereocenters. The molecule has 4 nitrogen and oxygen atoms in total. The average molecular weight is 288 g/mol. The van der Waals surface area contributed by atoms with E-state index in [1.165, 1.54) is 5.56 Å². The van der Waals surface area contributed by atoms with Gasteiger partial charge < -0.3 is 15.4 Å². The van der Waals surface area contributed by atoms with Crippen molar-refractivity contribution in [3.05, 3.63) is 29.3 Å². The van der Waals surface area contributed by atoms with Crippen molar-refractivity contribution in [3.8, 4) is 18.1 Å². The number of benzene rings is 1. The Kier molecular flexibility index (Phi) is 7.34. The maximum Gasteiger partial charge on any atom is 0.258 e. The molecule has 1 aromatic carbocycles. The molecule has 0 spiro atoms. The van der Waals surface area contributed by atoms with E-state index in [2.05, 4.69) is 36.5 Å². The first-order chi connectivity index (χ1) is 10.0. The highest BCUT2D eigenvalue weighted by Gasteiger charge is 2.07. The number of terminal acetylenes is 1. The molecule has 21 heavy (non-hydrogen) atoms. The number of nitrogens with one attached hydrogen (secondary N) is 2. The van der Waals surface area contributed by atoms with E-state index in [1.54, 1.807) is 0 Å². The number of amides is 1. The topological polar surface area (TPSA) is 50.4 Å². The minimum absolute atomic E-state index is 0.0259. The molecule has 0 aliphatic heterocycles. The lowest BCUT2D eigenvalue weighted by Crippen LogP contribution is -2.29. The average Bonchev–Trinajstić information content (AvgIpc) is 2.43. The molecule has 114 valence electrons. The van der Waals surface area contributed by atoms with Crippen LogP contribution in [-0.4, -0.2) is 25.6 Å². The first-order valence-electron chi connectivity index (χ1n) is 7.16. The van der Waals surface area contributed by atoms with Gasteiger partial charge >= 0.3 is 0 Å². The summed E-state index contributed by atoms with van der Waals surface area (Å²) in [5.74, 6) is 3.46. The molecule has 1 aromatic rings. The highest BCUT2D eigenvalue weighted by atomic mass is 16.5. The summed E-state index contributed by atoms with van der Waals surface area (Å²) in [4.78, 5) is 11.5. The quantitative estimate of drug-likeness (QED) is 0.718. The molecule has 0 aliphatic rings. The van der Waals surface area contributed by atoms with Crippen LogP contribution in [0.25, 0.3) is 0 Å². The van der Waals surface area contributed by atoms with Gasteiger partial charge in [-0.2, -0.15) is 0 Å². The first-order valence-corrected chi connectivity index (χ1v) is 7.16. The van der Waals surface area contributed by atoms with Gasteiger partial charge in [0.1, 0.15) is 5.75 Å². The van der Waals surface area contributed by atoms with Crippen molar-refractivity contribution >= 4 is 5.91 Å². The van der Waals surface area contributed by atoms with Gasteiger partial charge in [-0.25, -0.2) is 0 Å². The van der Waals surface area contributed by atoms with Crippen LogP contribution in [-0.2, 0) is 11.3 Å². The fraction of sp³-hybridized carbons (Fsp3) is 0.471. The number of hydrogen-bond donors (Lipinski definition) is 2. The zero-order valence-corrected chi connectivity index (χ0v) is 13.0. The van der Waals surface area contributed by atoms with Crippen LogP contribution in [0.3, 0.4) is 0 Å². The number of carbonyl (C=O) groups is 1. The first kappa shape index (κ1) is 17.1. The lowest BCUT2D eigenvalue weighted by atomic mass is 10.1. The molecule has 0 saturated carbocycles. The molecular formula is C17H24N2O2. The van der Waals surface area contributed by atoms with Crippen LogP contribution in [0.2, 0.25) is 0 Å². The van der Waals surface area contributed by atoms with Crippen LogP contribution in [0.15, 0.2) is 18.2 Å². The summed E-state index contributed by atoms with van der Waals surface area (Å²) in [6.45, 7) is 8.22. The third-order valence-corrected chi connectivity index (χ3v) is 2.83. The van der Waals surface area contributed by atoms with Crippen LogP contribution < -0.4 is 15.4 Å². The summed E-state index contributed by atoms with van der Waals surface area (Å²) in [5.41, 5.74) is 2.22. The van der Waals surface area contributed by atoms with Crippen molar-refractivity contribution in [2.24, 2.45) is 5.92 Å². The van der Waals surface area contributed by atoms with Crippen molar-refractivity contribution in [2.45, 2.75) is 27.3 Å². The van der Waals surface area contributed by atoms with Crippen molar-refractivity contribution in [2.75, 3.05) is 19.7 Å². The fourth-order valence-electron chi connectivity index (χ4n) is 1.83. The molecule has 0 saturated heterocycles. The predicted molar refractivity (Wildman–Crippen MR) is 85.1 cm³/mol. The van der Waals surface area contributed by atoms with Gasteiger partial charge in [0.25, 0.3) is 5.91 Å². The van der Waals surface area contributed by atoms with Crippen LogP contribution in [0.4, 0.5) is 0 Å². The Morgan fingerprint density at radius 1 is 1.43 bits per heavy atom. The number of hydrogen-bond acceptors (Lipinski definition) is 3. The van der Waals surface area contributed by atoms with Crippen LogP contribution >= 0.6 is 0 Å². The Bertz CT molecular complexity index is 504. The predicted octanol–water partition coefficient (Wildman–Crippen LogP) is 1.87. The third-order valence-electron chi connectivity index (χ3n) is 2.83. The zero-order chi connectivity index (χ0) is 15.7. The third kappa shape index (κ3) is 6.82. The highest BCUT2D eigenvalue weighted by molar-refractivity contribution is 5.77. The van der Waals surface area contributed by atoms with Crippen molar-refractivity contribution in [1.29, 1.82) is 0 Å². The fourth-order valence-corrected chi connectivity index (χ4v) is 1.83. The maximum atomic E-state index is 11.5. The van der Waals surface area contributed by atoms with Crippen LogP contribution in [0.1, 0.15) is 25.0 Å². The Hall–Kier alpha value is -1.99. The summed E-state index contributed by atoms with van der Waals surface area (Å²) in [7, 11) is 0. The lowest BCUT2D eigenvalue weighted by molar-refractivity contribution is -0.122. The summed E-state index contributed by atoms with van der Waals surface area (Å²) in [6, 6.07) is 5.94. The van der Waals surface area contributed by atoms with E-state index >= 15 is 0 Å². The van der Waals surface area contributed by atoms with E-state index in [-0.39, 0.29) is 19.1 Å². The van der Waals surface area contributed by atoms with Gasteiger partial charge in [0, 0.05) is 12.1 Å². The monoisotopic (exact) mass is 288 g/mol. The molecule has 2 N–H and O–H groups in total. The number of rotatable bonds is 8. The molecule has 1 rings (SSSR count). The second-order valence-electron chi connectivity index (χ2n) is 5.41. The standard InChI is InChI=1S/C17H24N2O2/c1-5-8-19-17(20)12-21-16-7-6-14(4)9-15(16)11-18-10-13(2)3/h1,6-7,9,13,18H,8,10-12H2,2-4H3,(H,19,20). The summed E-state index contributed by atoms with van der Waals surface area (Å²) in [5, 5.41) is 5.96. The van der Waals surface area contributed by atoms with Gasteiger partial charge in [-0.15, -0.1) is 6.42 Å². The second-order valence-corrected chi connectivity index (χ2v) is 5.41. The zero-order valence-electron chi connectivity index (χ0n) is 13.0. The largest absolute Gasteiger partial charge is 0.483 e. The van der Waals surface area contributed by atoms with Crippen LogP contribution in [0, 0.1) is 25.2 Å². The number of carbonyl (C=O) groups excluding carboxylic acids is 1. The van der Waals surface area contributed by atoms with E-state index < -0.39 is 0 Å². The van der Waals surface area contributed by atoms with E-state index in [9.17, 15) is 4.79 Å². The SMILES string of the molecule is C#CCNC(=O)COc1ccc(C)cc1CNCC(C)C. The minimum Gasteiger partial charge on any atom is -0.483 e. The lowest BCUT2D eigenvalue weighted by Gasteiger charge is -2.14. The van der Waals surface area contributed by atoms with Crippen molar-refractivity contribution in [1.82, 2.24) is 10.6 Å². The van der Waals surface area contributed by atoms with Crippen LogP contribution in [0.5, 0.6) is 5.75 Å².